The summed E-state index contributed by atoms with van der Waals surface area (Å²) in [5.74, 6) is 0. The number of hydrogen-bond donors (Lipinski definition) is 2. The Morgan fingerprint density at radius 2 is 1.74 bits per heavy atom. The SMILES string of the molecule is CC(C)(c1ccc(NCc2ccccc2C(N)c2ccc(Cl)cn2)cc1)N1CCCC1. The second kappa shape index (κ2) is 9.39. The average Bonchev–Trinajstić information content (AvgIpc) is 3.34. The lowest BCUT2D eigenvalue weighted by atomic mass is 9.92. The lowest BCUT2D eigenvalue weighted by molar-refractivity contribution is 0.155. The zero-order valence-electron chi connectivity index (χ0n) is 18.3. The highest BCUT2D eigenvalue weighted by atomic mass is 35.5. The number of halogens is 1. The van der Waals surface area contributed by atoms with Crippen LogP contribution in [0.2, 0.25) is 5.02 Å². The van der Waals surface area contributed by atoms with E-state index in [2.05, 4.69) is 65.4 Å². The molecule has 2 aromatic carbocycles. The number of pyridine rings is 1. The number of rotatable bonds is 7. The fourth-order valence-electron chi connectivity index (χ4n) is 4.38. The van der Waals surface area contributed by atoms with Crippen LogP contribution in [0.4, 0.5) is 5.69 Å². The number of benzene rings is 2. The van der Waals surface area contributed by atoms with Crippen LogP contribution in [0.3, 0.4) is 0 Å². The van der Waals surface area contributed by atoms with E-state index in [0.717, 1.165) is 22.5 Å². The molecule has 1 saturated heterocycles. The summed E-state index contributed by atoms with van der Waals surface area (Å²) in [5, 5.41) is 4.17. The zero-order valence-corrected chi connectivity index (χ0v) is 19.1. The van der Waals surface area contributed by atoms with Gasteiger partial charge in [0, 0.05) is 24.0 Å². The predicted octanol–water partition coefficient (Wildman–Crippen LogP) is 5.73. The zero-order chi connectivity index (χ0) is 21.8. The molecule has 1 unspecified atom stereocenters. The largest absolute Gasteiger partial charge is 0.381 e. The molecule has 0 aliphatic carbocycles. The van der Waals surface area contributed by atoms with Crippen LogP contribution in [-0.4, -0.2) is 23.0 Å². The van der Waals surface area contributed by atoms with Crippen LogP contribution in [-0.2, 0) is 12.1 Å². The number of hydrogen-bond acceptors (Lipinski definition) is 4. The quantitative estimate of drug-likeness (QED) is 0.498. The van der Waals surface area contributed by atoms with E-state index in [1.165, 1.54) is 31.5 Å². The molecule has 0 spiro atoms. The van der Waals surface area contributed by atoms with Crippen molar-refractivity contribution < 1.29 is 0 Å². The van der Waals surface area contributed by atoms with Gasteiger partial charge in [0.1, 0.15) is 0 Å². The summed E-state index contributed by atoms with van der Waals surface area (Å²) < 4.78 is 0. The van der Waals surface area contributed by atoms with Crippen molar-refractivity contribution in [3.05, 3.63) is 94.3 Å². The smallest absolute Gasteiger partial charge is 0.0729 e. The van der Waals surface area contributed by atoms with E-state index in [1.807, 2.05) is 24.3 Å². The van der Waals surface area contributed by atoms with E-state index < -0.39 is 0 Å². The topological polar surface area (TPSA) is 54.2 Å². The van der Waals surface area contributed by atoms with E-state index in [-0.39, 0.29) is 11.6 Å². The van der Waals surface area contributed by atoms with E-state index in [4.69, 9.17) is 17.3 Å². The minimum atomic E-state index is -0.293. The third-order valence-electron chi connectivity index (χ3n) is 6.43. The molecule has 31 heavy (non-hydrogen) atoms. The summed E-state index contributed by atoms with van der Waals surface area (Å²) >= 11 is 5.97. The van der Waals surface area contributed by atoms with E-state index in [1.54, 1.807) is 6.20 Å². The maximum Gasteiger partial charge on any atom is 0.0729 e. The first-order chi connectivity index (χ1) is 14.9. The molecular formula is C26H31ClN4. The van der Waals surface area contributed by atoms with Crippen molar-refractivity contribution in [3.8, 4) is 0 Å². The van der Waals surface area contributed by atoms with Gasteiger partial charge in [-0.3, -0.25) is 9.88 Å². The molecule has 2 heterocycles. The Kier molecular flexibility index (Phi) is 6.61. The van der Waals surface area contributed by atoms with Gasteiger partial charge < -0.3 is 11.1 Å². The molecule has 0 radical (unpaired) electrons. The van der Waals surface area contributed by atoms with Crippen LogP contribution in [0.15, 0.2) is 66.9 Å². The molecule has 1 aliphatic heterocycles. The second-order valence-electron chi connectivity index (χ2n) is 8.76. The highest BCUT2D eigenvalue weighted by Gasteiger charge is 2.30. The molecule has 3 aromatic rings. The molecular weight excluding hydrogens is 404 g/mol. The standard InChI is InChI=1S/C26H31ClN4/c1-26(2,31-15-5-6-16-31)20-9-12-22(13-10-20)29-17-19-7-3-4-8-23(19)25(28)24-14-11-21(27)18-30-24/h3-4,7-14,18,25,29H,5-6,15-17,28H2,1-2H3. The van der Waals surface area contributed by atoms with Crippen LogP contribution in [0.1, 0.15) is 55.1 Å². The number of likely N-dealkylation sites (tertiary alicyclic amines) is 1. The van der Waals surface area contributed by atoms with Crippen molar-refractivity contribution in [2.75, 3.05) is 18.4 Å². The first-order valence-electron chi connectivity index (χ1n) is 11.0. The van der Waals surface area contributed by atoms with Gasteiger partial charge >= 0.3 is 0 Å². The highest BCUT2D eigenvalue weighted by Crippen LogP contribution is 2.32. The number of nitrogens with one attached hydrogen (secondary N) is 1. The number of nitrogens with two attached hydrogens (primary N) is 1. The summed E-state index contributed by atoms with van der Waals surface area (Å²) in [6, 6.07) is 20.5. The van der Waals surface area contributed by atoms with Crippen molar-refractivity contribution in [3.63, 3.8) is 0 Å². The van der Waals surface area contributed by atoms with Crippen molar-refractivity contribution in [1.29, 1.82) is 0 Å². The third kappa shape index (κ3) is 4.93. The monoisotopic (exact) mass is 434 g/mol. The maximum absolute atomic E-state index is 6.53. The van der Waals surface area contributed by atoms with Gasteiger partial charge in [-0.25, -0.2) is 0 Å². The summed E-state index contributed by atoms with van der Waals surface area (Å²) in [5.41, 5.74) is 12.1. The fraction of sp³-hybridized carbons (Fsp3) is 0.346. The van der Waals surface area contributed by atoms with Crippen LogP contribution < -0.4 is 11.1 Å². The molecule has 0 bridgehead atoms. The molecule has 5 heteroatoms. The maximum atomic E-state index is 6.53. The molecule has 0 amide bonds. The Labute approximate surface area is 190 Å². The van der Waals surface area contributed by atoms with Crippen molar-refractivity contribution in [2.24, 2.45) is 5.73 Å². The van der Waals surface area contributed by atoms with Gasteiger partial charge in [0.15, 0.2) is 0 Å². The molecule has 4 rings (SSSR count). The fourth-order valence-corrected chi connectivity index (χ4v) is 4.49. The Hall–Kier alpha value is -2.40. The first kappa shape index (κ1) is 21.8. The summed E-state index contributed by atoms with van der Waals surface area (Å²) in [7, 11) is 0. The molecule has 1 aliphatic rings. The average molecular weight is 435 g/mol. The van der Waals surface area contributed by atoms with Crippen LogP contribution in [0.25, 0.3) is 0 Å². The van der Waals surface area contributed by atoms with Crippen molar-refractivity contribution in [1.82, 2.24) is 9.88 Å². The number of anilines is 1. The summed E-state index contributed by atoms with van der Waals surface area (Å²) in [6.07, 6.45) is 4.25. The minimum absolute atomic E-state index is 0.0694. The van der Waals surface area contributed by atoms with E-state index >= 15 is 0 Å². The molecule has 1 fully saturated rings. The highest BCUT2D eigenvalue weighted by molar-refractivity contribution is 6.30. The van der Waals surface area contributed by atoms with Gasteiger partial charge in [0.25, 0.3) is 0 Å². The van der Waals surface area contributed by atoms with Gasteiger partial charge in [-0.1, -0.05) is 48.0 Å². The number of aromatic nitrogens is 1. The molecule has 4 nitrogen and oxygen atoms in total. The van der Waals surface area contributed by atoms with Gasteiger partial charge in [-0.05, 0) is 80.7 Å². The van der Waals surface area contributed by atoms with Crippen LogP contribution in [0.5, 0.6) is 0 Å². The Morgan fingerprint density at radius 3 is 2.42 bits per heavy atom. The second-order valence-corrected chi connectivity index (χ2v) is 9.20. The predicted molar refractivity (Wildman–Crippen MR) is 129 cm³/mol. The van der Waals surface area contributed by atoms with Gasteiger partial charge in [0.2, 0.25) is 0 Å². The van der Waals surface area contributed by atoms with E-state index in [9.17, 15) is 0 Å². The Balaban J connectivity index is 1.45. The Morgan fingerprint density at radius 1 is 1.03 bits per heavy atom. The summed E-state index contributed by atoms with van der Waals surface area (Å²) in [6.45, 7) is 7.72. The number of nitrogens with zero attached hydrogens (tertiary/aromatic N) is 2. The summed E-state index contributed by atoms with van der Waals surface area (Å²) in [4.78, 5) is 6.98. The van der Waals surface area contributed by atoms with Crippen LogP contribution in [0, 0.1) is 0 Å². The van der Waals surface area contributed by atoms with Gasteiger partial charge in [-0.15, -0.1) is 0 Å². The van der Waals surface area contributed by atoms with Crippen molar-refractivity contribution >= 4 is 17.3 Å². The molecule has 3 N–H and O–H groups in total. The van der Waals surface area contributed by atoms with E-state index in [0.29, 0.717) is 11.6 Å². The van der Waals surface area contributed by atoms with Crippen molar-refractivity contribution in [2.45, 2.75) is 44.8 Å². The molecule has 1 aromatic heterocycles. The van der Waals surface area contributed by atoms with Crippen LogP contribution >= 0.6 is 11.6 Å². The lowest BCUT2D eigenvalue weighted by Crippen LogP contribution is -2.39. The minimum Gasteiger partial charge on any atom is -0.381 e. The first-order valence-corrected chi connectivity index (χ1v) is 11.4. The normalized spacial score (nSPS) is 15.7. The van der Waals surface area contributed by atoms with Gasteiger partial charge in [-0.2, -0.15) is 0 Å². The molecule has 1 atom stereocenters. The molecule has 162 valence electrons. The lowest BCUT2D eigenvalue weighted by Gasteiger charge is -2.36. The van der Waals surface area contributed by atoms with Gasteiger partial charge in [0.05, 0.1) is 16.8 Å². The Bertz CT molecular complexity index is 993. The third-order valence-corrected chi connectivity index (χ3v) is 6.65. The molecule has 0 saturated carbocycles.